The fourth-order valence-electron chi connectivity index (χ4n) is 3.41. The highest BCUT2D eigenvalue weighted by Gasteiger charge is 2.29. The molecule has 136 valence electrons. The van der Waals surface area contributed by atoms with Crippen molar-refractivity contribution in [1.29, 1.82) is 0 Å². The van der Waals surface area contributed by atoms with Gasteiger partial charge in [0.25, 0.3) is 5.91 Å². The molecule has 5 nitrogen and oxygen atoms in total. The Kier molecular flexibility index (Phi) is 5.56. The summed E-state index contributed by atoms with van der Waals surface area (Å²) in [6, 6.07) is 14.6. The Bertz CT molecular complexity index is 780. The predicted molar refractivity (Wildman–Crippen MR) is 98.9 cm³/mol. The van der Waals surface area contributed by atoms with E-state index in [-0.39, 0.29) is 17.6 Å². The molecule has 3 rings (SSSR count). The monoisotopic (exact) mass is 353 g/mol. The molecule has 0 aliphatic carbocycles. The van der Waals surface area contributed by atoms with Gasteiger partial charge in [0.1, 0.15) is 0 Å². The molecule has 26 heavy (non-hydrogen) atoms. The van der Waals surface area contributed by atoms with Gasteiger partial charge >= 0.3 is 0 Å². The first-order valence-corrected chi connectivity index (χ1v) is 8.75. The maximum atomic E-state index is 12.9. The van der Waals surface area contributed by atoms with E-state index in [1.807, 2.05) is 30.3 Å². The molecule has 0 radical (unpaired) electrons. The van der Waals surface area contributed by atoms with Crippen molar-refractivity contribution in [3.05, 3.63) is 59.7 Å². The van der Waals surface area contributed by atoms with Gasteiger partial charge in [-0.15, -0.1) is 0 Å². The van der Waals surface area contributed by atoms with E-state index >= 15 is 0 Å². The summed E-state index contributed by atoms with van der Waals surface area (Å²) < 4.78 is 10.6. The van der Waals surface area contributed by atoms with Gasteiger partial charge in [-0.1, -0.05) is 36.4 Å². The van der Waals surface area contributed by atoms with Crippen LogP contribution in [0.4, 0.5) is 0 Å². The van der Waals surface area contributed by atoms with Crippen molar-refractivity contribution in [3.8, 4) is 11.5 Å². The number of Topliss-reactive ketones (excluding diaryl/α,β-unsaturated/α-hetero) is 1. The molecule has 0 spiro atoms. The number of para-hydroxylation sites is 1. The van der Waals surface area contributed by atoms with Gasteiger partial charge in [0.05, 0.1) is 19.8 Å². The number of benzene rings is 2. The molecular formula is C21H23NO4. The van der Waals surface area contributed by atoms with E-state index in [2.05, 4.69) is 0 Å². The van der Waals surface area contributed by atoms with E-state index in [0.717, 1.165) is 5.56 Å². The van der Waals surface area contributed by atoms with Crippen molar-refractivity contribution in [3.63, 3.8) is 0 Å². The second-order valence-electron chi connectivity index (χ2n) is 6.34. The number of amides is 1. The van der Waals surface area contributed by atoms with Crippen molar-refractivity contribution >= 4 is 11.7 Å². The number of rotatable bonds is 5. The van der Waals surface area contributed by atoms with Crippen LogP contribution in [0.1, 0.15) is 33.6 Å². The van der Waals surface area contributed by atoms with Crippen LogP contribution in [0, 0.1) is 5.92 Å². The minimum Gasteiger partial charge on any atom is -0.493 e. The Morgan fingerprint density at radius 3 is 2.23 bits per heavy atom. The number of hydrogen-bond donors (Lipinski definition) is 0. The summed E-state index contributed by atoms with van der Waals surface area (Å²) in [7, 11) is 3.08. The van der Waals surface area contributed by atoms with Gasteiger partial charge in [0.15, 0.2) is 17.3 Å². The number of ketones is 1. The molecule has 1 amide bonds. The number of likely N-dealkylation sites (tertiary alicyclic amines) is 1. The summed E-state index contributed by atoms with van der Waals surface area (Å²) in [5.41, 5.74) is 1.23. The number of methoxy groups -OCH3 is 2. The third-order valence-corrected chi connectivity index (χ3v) is 4.84. The van der Waals surface area contributed by atoms with Crippen molar-refractivity contribution in [1.82, 2.24) is 4.90 Å². The number of carbonyl (C=O) groups is 2. The number of carbonyl (C=O) groups excluding carboxylic acids is 2. The fourth-order valence-corrected chi connectivity index (χ4v) is 3.41. The van der Waals surface area contributed by atoms with Gasteiger partial charge < -0.3 is 14.4 Å². The molecule has 1 aliphatic rings. The van der Waals surface area contributed by atoms with Gasteiger partial charge in [-0.05, 0) is 25.0 Å². The highest BCUT2D eigenvalue weighted by Crippen LogP contribution is 2.32. The molecule has 0 N–H and O–H groups in total. The molecule has 0 bridgehead atoms. The van der Waals surface area contributed by atoms with Gasteiger partial charge in [0, 0.05) is 24.6 Å². The number of piperidine rings is 1. The van der Waals surface area contributed by atoms with Crippen LogP contribution in [0.15, 0.2) is 48.5 Å². The van der Waals surface area contributed by atoms with Gasteiger partial charge in [-0.25, -0.2) is 0 Å². The van der Waals surface area contributed by atoms with Crippen LogP contribution in [0.5, 0.6) is 11.5 Å². The van der Waals surface area contributed by atoms with Crippen LogP contribution >= 0.6 is 0 Å². The normalized spacial score (nSPS) is 14.8. The molecule has 5 heteroatoms. The van der Waals surface area contributed by atoms with E-state index in [1.54, 1.807) is 30.2 Å². The topological polar surface area (TPSA) is 55.8 Å². The van der Waals surface area contributed by atoms with Crippen LogP contribution in [-0.4, -0.2) is 43.9 Å². The number of hydrogen-bond acceptors (Lipinski definition) is 4. The Morgan fingerprint density at radius 1 is 0.923 bits per heavy atom. The first kappa shape index (κ1) is 18.0. The van der Waals surface area contributed by atoms with Crippen molar-refractivity contribution in [2.45, 2.75) is 12.8 Å². The zero-order valence-electron chi connectivity index (χ0n) is 15.1. The van der Waals surface area contributed by atoms with E-state index in [0.29, 0.717) is 43.0 Å². The Balaban J connectivity index is 1.69. The maximum absolute atomic E-state index is 12.9. The quantitative estimate of drug-likeness (QED) is 0.773. The SMILES string of the molecule is COc1cccc(C(=O)N2CCC(C(=O)c3ccccc3)CC2)c1OC. The van der Waals surface area contributed by atoms with Crippen molar-refractivity contribution in [2.75, 3.05) is 27.3 Å². The Labute approximate surface area is 153 Å². The largest absolute Gasteiger partial charge is 0.493 e. The number of nitrogens with zero attached hydrogens (tertiary/aromatic N) is 1. The molecule has 1 fully saturated rings. The molecule has 1 heterocycles. The molecule has 0 aromatic heterocycles. The average molecular weight is 353 g/mol. The maximum Gasteiger partial charge on any atom is 0.257 e. The predicted octanol–water partition coefficient (Wildman–Crippen LogP) is 3.44. The van der Waals surface area contributed by atoms with Gasteiger partial charge in [-0.3, -0.25) is 9.59 Å². The first-order valence-electron chi connectivity index (χ1n) is 8.75. The van der Waals surface area contributed by atoms with Gasteiger partial charge in [-0.2, -0.15) is 0 Å². The summed E-state index contributed by atoms with van der Waals surface area (Å²) in [5.74, 6) is 1.02. The fraction of sp³-hybridized carbons (Fsp3) is 0.333. The Morgan fingerprint density at radius 2 is 1.62 bits per heavy atom. The summed E-state index contributed by atoms with van der Waals surface area (Å²) in [6.07, 6.45) is 1.34. The highest BCUT2D eigenvalue weighted by molar-refractivity contribution is 5.99. The summed E-state index contributed by atoms with van der Waals surface area (Å²) in [4.78, 5) is 27.3. The molecule has 0 saturated carbocycles. The third kappa shape index (κ3) is 3.57. The average Bonchev–Trinajstić information content (AvgIpc) is 2.72. The summed E-state index contributed by atoms with van der Waals surface area (Å²) >= 11 is 0. The minimum absolute atomic E-state index is 0.0337. The molecule has 2 aromatic rings. The molecule has 2 aromatic carbocycles. The van der Waals surface area contributed by atoms with Gasteiger partial charge in [0.2, 0.25) is 0 Å². The van der Waals surface area contributed by atoms with Crippen LogP contribution in [-0.2, 0) is 0 Å². The minimum atomic E-state index is -0.0913. The molecular weight excluding hydrogens is 330 g/mol. The Hall–Kier alpha value is -2.82. The van der Waals surface area contributed by atoms with E-state index < -0.39 is 0 Å². The van der Waals surface area contributed by atoms with E-state index in [1.165, 1.54) is 7.11 Å². The summed E-state index contributed by atoms with van der Waals surface area (Å²) in [5, 5.41) is 0. The van der Waals surface area contributed by atoms with Crippen LogP contribution < -0.4 is 9.47 Å². The second kappa shape index (κ2) is 8.04. The zero-order chi connectivity index (χ0) is 18.5. The lowest BCUT2D eigenvalue weighted by Crippen LogP contribution is -2.40. The smallest absolute Gasteiger partial charge is 0.257 e. The highest BCUT2D eigenvalue weighted by atomic mass is 16.5. The lowest BCUT2D eigenvalue weighted by molar-refractivity contribution is 0.0647. The van der Waals surface area contributed by atoms with Crippen molar-refractivity contribution in [2.24, 2.45) is 5.92 Å². The molecule has 0 unspecified atom stereocenters. The molecule has 1 aliphatic heterocycles. The third-order valence-electron chi connectivity index (χ3n) is 4.84. The van der Waals surface area contributed by atoms with E-state index in [9.17, 15) is 9.59 Å². The zero-order valence-corrected chi connectivity index (χ0v) is 15.1. The van der Waals surface area contributed by atoms with Crippen LogP contribution in [0.3, 0.4) is 0 Å². The second-order valence-corrected chi connectivity index (χ2v) is 6.34. The summed E-state index contributed by atoms with van der Waals surface area (Å²) in [6.45, 7) is 1.12. The molecule has 1 saturated heterocycles. The molecule has 0 atom stereocenters. The lowest BCUT2D eigenvalue weighted by Gasteiger charge is -2.31. The van der Waals surface area contributed by atoms with Crippen LogP contribution in [0.25, 0.3) is 0 Å². The number of ether oxygens (including phenoxy) is 2. The first-order chi connectivity index (χ1) is 12.7. The van der Waals surface area contributed by atoms with Crippen LogP contribution in [0.2, 0.25) is 0 Å². The van der Waals surface area contributed by atoms with Crippen molar-refractivity contribution < 1.29 is 19.1 Å². The van der Waals surface area contributed by atoms with E-state index in [4.69, 9.17) is 9.47 Å². The lowest BCUT2D eigenvalue weighted by atomic mass is 9.88. The standard InChI is InChI=1S/C21H23NO4/c1-25-18-10-6-9-17(20(18)26-2)21(24)22-13-11-16(12-14-22)19(23)15-7-4-3-5-8-15/h3-10,16H,11-14H2,1-2H3.